The molecule has 11 aromatic rings. The van der Waals surface area contributed by atoms with E-state index in [9.17, 15) is 0 Å². The molecule has 0 bridgehead atoms. The lowest BCUT2D eigenvalue weighted by Gasteiger charge is -2.39. The van der Waals surface area contributed by atoms with E-state index in [-0.39, 0.29) is 0 Å². The van der Waals surface area contributed by atoms with E-state index in [1.54, 1.807) is 0 Å². The Hall–Kier alpha value is -8.66. The van der Waals surface area contributed by atoms with Crippen molar-refractivity contribution >= 4 is 44.1 Å². The number of hydrogen-bond donors (Lipinski definition) is 0. The van der Waals surface area contributed by atoms with Gasteiger partial charge in [0.1, 0.15) is 0 Å². The first-order valence-corrected chi connectivity index (χ1v) is 23.1. The Morgan fingerprint density at radius 2 is 1.03 bits per heavy atom. The van der Waals surface area contributed by atoms with Gasteiger partial charge >= 0.3 is 0 Å². The molecule has 0 saturated heterocycles. The molecule has 0 atom stereocenters. The molecule has 2 aromatic heterocycles. The quantitative estimate of drug-likeness (QED) is 0.148. The average Bonchev–Trinajstić information content (AvgIpc) is 3.99. The van der Waals surface area contributed by atoms with E-state index in [4.69, 9.17) is 6.58 Å². The summed E-state index contributed by atoms with van der Waals surface area (Å²) in [6.45, 7) is 5.07. The maximum absolute atomic E-state index is 5.07. The van der Waals surface area contributed by atoms with Gasteiger partial charge < -0.3 is 14.0 Å². The number of anilines is 2. The van der Waals surface area contributed by atoms with Crippen molar-refractivity contribution in [3.05, 3.63) is 301 Å². The van der Waals surface area contributed by atoms with Crippen LogP contribution >= 0.6 is 0 Å². The summed E-state index contributed by atoms with van der Waals surface area (Å²) in [6, 6.07) is 85.6. The Morgan fingerprint density at radius 1 is 0.463 bits per heavy atom. The van der Waals surface area contributed by atoms with Gasteiger partial charge in [0.2, 0.25) is 0 Å². The molecule has 1 aliphatic rings. The van der Waals surface area contributed by atoms with Crippen LogP contribution in [0.5, 0.6) is 0 Å². The molecule has 0 unspecified atom stereocenters. The summed E-state index contributed by atoms with van der Waals surface area (Å²) in [5.41, 5.74) is 16.4. The molecular formula is C64H47N3. The number of para-hydroxylation sites is 2. The highest BCUT2D eigenvalue weighted by atomic mass is 15.1. The van der Waals surface area contributed by atoms with E-state index < -0.39 is 5.41 Å². The molecule has 1 aliphatic carbocycles. The standard InChI is InChI=1S/C64H47N3/c1-46-44-55(32-19-23-49-22-17-18-33-60(49)64(46,50-24-9-3-10-25-50)51-26-11-4-12-27-51)66(54-36-34-48(35-37-54)47-20-7-2-8-21-47)56-38-40-62-59(45-56)57-39-41-61-58(42-43-65(61)52-28-13-5-14-29-52)63(57)67(62)53-30-15-6-16-31-53/h2-22,24-45H,1,23H2/b32-19-,55-44+. The van der Waals surface area contributed by atoms with Crippen molar-refractivity contribution < 1.29 is 0 Å². The van der Waals surface area contributed by atoms with Crippen LogP contribution in [0, 0.1) is 0 Å². The predicted molar refractivity (Wildman–Crippen MR) is 281 cm³/mol. The lowest BCUT2D eigenvalue weighted by molar-refractivity contribution is 0.736. The summed E-state index contributed by atoms with van der Waals surface area (Å²) >= 11 is 0. The molecule has 0 N–H and O–H groups in total. The molecule has 0 saturated carbocycles. The molecule has 0 spiro atoms. The van der Waals surface area contributed by atoms with Gasteiger partial charge in [-0.15, -0.1) is 0 Å². The minimum atomic E-state index is -0.673. The summed E-state index contributed by atoms with van der Waals surface area (Å²) in [6.07, 6.45) is 9.91. The fraction of sp³-hybridized carbons (Fsp3) is 0.0312. The third-order valence-corrected chi connectivity index (χ3v) is 13.6. The van der Waals surface area contributed by atoms with Crippen molar-refractivity contribution in [2.75, 3.05) is 4.90 Å². The normalized spacial score (nSPS) is 14.7. The van der Waals surface area contributed by atoms with E-state index in [2.05, 4.69) is 275 Å². The molecule has 0 fully saturated rings. The molecule has 9 aromatic carbocycles. The molecular weight excluding hydrogens is 811 g/mol. The average molecular weight is 858 g/mol. The molecule has 12 rings (SSSR count). The van der Waals surface area contributed by atoms with E-state index in [0.717, 1.165) is 46.0 Å². The maximum Gasteiger partial charge on any atom is 0.0699 e. The van der Waals surface area contributed by atoms with E-state index >= 15 is 0 Å². The van der Waals surface area contributed by atoms with Crippen LogP contribution in [-0.4, -0.2) is 9.13 Å². The molecule has 3 heteroatoms. The Bertz CT molecular complexity index is 3600. The number of rotatable bonds is 8. The van der Waals surface area contributed by atoms with Gasteiger partial charge in [0, 0.05) is 50.8 Å². The van der Waals surface area contributed by atoms with Crippen LogP contribution in [0.25, 0.3) is 55.2 Å². The molecule has 2 heterocycles. The second kappa shape index (κ2) is 16.7. The summed E-state index contributed by atoms with van der Waals surface area (Å²) in [5, 5.41) is 3.58. The Balaban J connectivity index is 1.11. The topological polar surface area (TPSA) is 13.1 Å². The van der Waals surface area contributed by atoms with Gasteiger partial charge in [-0.05, 0) is 124 Å². The van der Waals surface area contributed by atoms with Crippen LogP contribution in [0.1, 0.15) is 22.3 Å². The minimum Gasteiger partial charge on any atom is -0.316 e. The lowest BCUT2D eigenvalue weighted by Crippen LogP contribution is -2.32. The molecule has 3 nitrogen and oxygen atoms in total. The highest BCUT2D eigenvalue weighted by Crippen LogP contribution is 2.49. The fourth-order valence-corrected chi connectivity index (χ4v) is 10.6. The summed E-state index contributed by atoms with van der Waals surface area (Å²) in [4.78, 5) is 2.42. The largest absolute Gasteiger partial charge is 0.316 e. The Morgan fingerprint density at radius 3 is 1.72 bits per heavy atom. The summed E-state index contributed by atoms with van der Waals surface area (Å²) < 4.78 is 4.73. The van der Waals surface area contributed by atoms with Gasteiger partial charge in [0.15, 0.2) is 0 Å². The van der Waals surface area contributed by atoms with Crippen molar-refractivity contribution in [1.29, 1.82) is 0 Å². The van der Waals surface area contributed by atoms with Gasteiger partial charge in [-0.1, -0.05) is 183 Å². The van der Waals surface area contributed by atoms with Crippen LogP contribution < -0.4 is 4.90 Å². The fourth-order valence-electron chi connectivity index (χ4n) is 10.6. The molecule has 0 amide bonds. The van der Waals surface area contributed by atoms with Gasteiger partial charge in [-0.2, -0.15) is 0 Å². The second-order valence-corrected chi connectivity index (χ2v) is 17.4. The van der Waals surface area contributed by atoms with E-state index in [0.29, 0.717) is 0 Å². The van der Waals surface area contributed by atoms with Gasteiger partial charge in [-0.3, -0.25) is 0 Å². The first-order valence-electron chi connectivity index (χ1n) is 23.1. The van der Waals surface area contributed by atoms with Gasteiger partial charge in [-0.25, -0.2) is 0 Å². The molecule has 67 heavy (non-hydrogen) atoms. The number of fused-ring (bicyclic) bond motifs is 6. The predicted octanol–water partition coefficient (Wildman–Crippen LogP) is 16.1. The zero-order chi connectivity index (χ0) is 44.7. The Kier molecular flexibility index (Phi) is 9.95. The monoisotopic (exact) mass is 857 g/mol. The summed E-state index contributed by atoms with van der Waals surface area (Å²) in [7, 11) is 0. The van der Waals surface area contributed by atoms with Crippen LogP contribution in [0.15, 0.2) is 279 Å². The maximum atomic E-state index is 5.07. The zero-order valence-corrected chi connectivity index (χ0v) is 37.1. The SMILES string of the molecule is C=C1/C=C(N(c2ccc(-c3ccccc3)cc2)c2ccc3c(c2)c2ccc4c(ccn4-c4ccccc4)c2n3-c2ccccc2)\C=C/Cc2ccccc2C1(c1ccccc1)c1ccccc1. The van der Waals surface area contributed by atoms with Crippen molar-refractivity contribution in [1.82, 2.24) is 9.13 Å². The summed E-state index contributed by atoms with van der Waals surface area (Å²) in [5.74, 6) is 0. The van der Waals surface area contributed by atoms with E-state index in [1.807, 2.05) is 0 Å². The molecule has 318 valence electrons. The minimum absolute atomic E-state index is 0.673. The van der Waals surface area contributed by atoms with Crippen molar-refractivity contribution in [3.8, 4) is 22.5 Å². The number of aromatic nitrogens is 2. The van der Waals surface area contributed by atoms with E-state index in [1.165, 1.54) is 60.6 Å². The number of allylic oxidation sites excluding steroid dienone is 4. The third-order valence-electron chi connectivity index (χ3n) is 13.6. The van der Waals surface area contributed by atoms with Crippen molar-refractivity contribution in [2.24, 2.45) is 0 Å². The highest BCUT2D eigenvalue weighted by molar-refractivity contribution is 6.19. The van der Waals surface area contributed by atoms with Crippen LogP contribution in [0.2, 0.25) is 0 Å². The zero-order valence-electron chi connectivity index (χ0n) is 37.1. The second-order valence-electron chi connectivity index (χ2n) is 17.4. The van der Waals surface area contributed by atoms with Crippen LogP contribution in [-0.2, 0) is 11.8 Å². The number of hydrogen-bond acceptors (Lipinski definition) is 1. The van der Waals surface area contributed by atoms with Gasteiger partial charge in [0.05, 0.1) is 22.0 Å². The van der Waals surface area contributed by atoms with Crippen molar-refractivity contribution in [2.45, 2.75) is 11.8 Å². The third kappa shape index (κ3) is 6.75. The van der Waals surface area contributed by atoms with Crippen molar-refractivity contribution in [3.63, 3.8) is 0 Å². The number of benzene rings is 9. The Labute approximate surface area is 391 Å². The highest BCUT2D eigenvalue weighted by Gasteiger charge is 2.40. The van der Waals surface area contributed by atoms with Crippen LogP contribution in [0.4, 0.5) is 11.4 Å². The number of nitrogens with zero attached hydrogens (tertiary/aromatic N) is 3. The first kappa shape index (κ1) is 39.9. The first-order chi connectivity index (χ1) is 33.2. The van der Waals surface area contributed by atoms with Gasteiger partial charge in [0.25, 0.3) is 0 Å². The molecule has 0 aliphatic heterocycles. The molecule has 0 radical (unpaired) electrons. The van der Waals surface area contributed by atoms with Crippen LogP contribution in [0.3, 0.4) is 0 Å². The lowest BCUT2D eigenvalue weighted by atomic mass is 9.63. The smallest absolute Gasteiger partial charge is 0.0699 e.